The summed E-state index contributed by atoms with van der Waals surface area (Å²) in [6.07, 6.45) is -3.04. The molecule has 0 bridgehead atoms. The minimum Gasteiger partial charge on any atom is -0.482 e. The summed E-state index contributed by atoms with van der Waals surface area (Å²) in [5.41, 5.74) is 2.21. The van der Waals surface area contributed by atoms with E-state index in [-0.39, 0.29) is 42.2 Å². The number of anilines is 1. The molecule has 3 aromatic rings. The fourth-order valence-electron chi connectivity index (χ4n) is 3.60. The number of benzene rings is 1. The van der Waals surface area contributed by atoms with E-state index in [4.69, 9.17) is 9.47 Å². The van der Waals surface area contributed by atoms with Crippen molar-refractivity contribution in [2.45, 2.75) is 19.6 Å². The van der Waals surface area contributed by atoms with Crippen LogP contribution < -0.4 is 15.4 Å². The van der Waals surface area contributed by atoms with Gasteiger partial charge < -0.3 is 20.1 Å². The maximum absolute atomic E-state index is 13.0. The van der Waals surface area contributed by atoms with E-state index in [2.05, 4.69) is 32.4 Å². The zero-order valence-electron chi connectivity index (χ0n) is 18.7. The lowest BCUT2D eigenvalue weighted by molar-refractivity contribution is -0.143. The van der Waals surface area contributed by atoms with Crippen molar-refractivity contribution in [2.75, 3.05) is 18.5 Å². The number of hydrogen-bond acceptors (Lipinski definition) is 8. The standard InChI is InChI=1S/C22H18F3N7O4/c1-11-7-27-32-16(21-30-31(12(2)36-21)10-22(23,24)25)6-15(29-19(11)32)20(34)26-8-13-3-4-17-14(5-13)28-18(33)9-35-17/h3-7H,2,8-10H2,1H3,(H,26,34)(H,28,33). The summed E-state index contributed by atoms with van der Waals surface area (Å²) in [6, 6.07) is 6.42. The number of alkyl halides is 3. The number of hydrogen-bond donors (Lipinski definition) is 2. The molecule has 2 aliphatic rings. The zero-order chi connectivity index (χ0) is 25.6. The summed E-state index contributed by atoms with van der Waals surface area (Å²) < 4.78 is 50.6. The first kappa shape index (κ1) is 23.1. The molecular formula is C22H18F3N7O4. The van der Waals surface area contributed by atoms with Crippen LogP contribution in [0.4, 0.5) is 18.9 Å². The van der Waals surface area contributed by atoms with Crippen molar-refractivity contribution in [3.63, 3.8) is 0 Å². The molecule has 36 heavy (non-hydrogen) atoms. The number of hydrazone groups is 1. The molecule has 0 spiro atoms. The fourth-order valence-corrected chi connectivity index (χ4v) is 3.60. The molecule has 11 nitrogen and oxygen atoms in total. The summed E-state index contributed by atoms with van der Waals surface area (Å²) in [5.74, 6) is -0.832. The monoisotopic (exact) mass is 501 g/mol. The Labute approximate surface area is 201 Å². The Hall–Kier alpha value is -4.62. The lowest BCUT2D eigenvalue weighted by Crippen LogP contribution is -2.27. The lowest BCUT2D eigenvalue weighted by atomic mass is 10.1. The first-order valence-corrected chi connectivity index (χ1v) is 10.6. The Morgan fingerprint density at radius 1 is 1.31 bits per heavy atom. The molecule has 2 N–H and O–H groups in total. The van der Waals surface area contributed by atoms with Crippen LogP contribution in [0.2, 0.25) is 0 Å². The number of carbonyl (C=O) groups excluding carboxylic acids is 2. The Morgan fingerprint density at radius 3 is 2.89 bits per heavy atom. The summed E-state index contributed by atoms with van der Waals surface area (Å²) in [4.78, 5) is 28.9. The second-order valence-electron chi connectivity index (χ2n) is 8.01. The molecule has 0 unspecified atom stereocenters. The van der Waals surface area contributed by atoms with Crippen LogP contribution in [0.5, 0.6) is 5.75 Å². The number of nitrogens with zero attached hydrogens (tertiary/aromatic N) is 5. The third kappa shape index (κ3) is 4.52. The zero-order valence-corrected chi connectivity index (χ0v) is 18.7. The van der Waals surface area contributed by atoms with Gasteiger partial charge in [-0.2, -0.15) is 18.3 Å². The van der Waals surface area contributed by atoms with Gasteiger partial charge in [-0.05, 0) is 31.2 Å². The van der Waals surface area contributed by atoms with Crippen molar-refractivity contribution in [3.05, 3.63) is 65.4 Å². The molecule has 0 saturated heterocycles. The molecule has 5 rings (SSSR count). The molecule has 186 valence electrons. The van der Waals surface area contributed by atoms with E-state index in [9.17, 15) is 22.8 Å². The van der Waals surface area contributed by atoms with Crippen molar-refractivity contribution in [1.29, 1.82) is 0 Å². The highest BCUT2D eigenvalue weighted by Gasteiger charge is 2.36. The molecule has 2 amide bonds. The molecular weight excluding hydrogens is 483 g/mol. The van der Waals surface area contributed by atoms with Gasteiger partial charge in [0.15, 0.2) is 12.3 Å². The van der Waals surface area contributed by atoms with E-state index in [0.717, 1.165) is 0 Å². The van der Waals surface area contributed by atoms with Crippen LogP contribution in [-0.2, 0) is 16.1 Å². The van der Waals surface area contributed by atoms with Crippen LogP contribution >= 0.6 is 0 Å². The van der Waals surface area contributed by atoms with E-state index in [0.29, 0.717) is 33.2 Å². The van der Waals surface area contributed by atoms with Gasteiger partial charge in [0, 0.05) is 18.2 Å². The van der Waals surface area contributed by atoms with Gasteiger partial charge in [0.1, 0.15) is 23.7 Å². The Bertz CT molecular complexity index is 1450. The van der Waals surface area contributed by atoms with Gasteiger partial charge in [-0.1, -0.05) is 6.07 Å². The van der Waals surface area contributed by atoms with Crippen LogP contribution in [0.15, 0.2) is 48.0 Å². The summed E-state index contributed by atoms with van der Waals surface area (Å²) in [6.45, 7) is 3.84. The van der Waals surface area contributed by atoms with Gasteiger partial charge in [-0.15, -0.1) is 5.10 Å². The topological polar surface area (TPSA) is 122 Å². The molecule has 0 radical (unpaired) electrons. The number of fused-ring (bicyclic) bond motifs is 2. The van der Waals surface area contributed by atoms with Gasteiger partial charge in [-0.25, -0.2) is 14.5 Å². The molecule has 1 aromatic carbocycles. The number of amides is 2. The predicted octanol–water partition coefficient (Wildman–Crippen LogP) is 2.33. The van der Waals surface area contributed by atoms with Crippen molar-refractivity contribution >= 4 is 29.0 Å². The van der Waals surface area contributed by atoms with Crippen LogP contribution in [0, 0.1) is 6.92 Å². The van der Waals surface area contributed by atoms with Crippen LogP contribution in [-0.4, -0.2) is 56.6 Å². The summed E-state index contributed by atoms with van der Waals surface area (Å²) >= 11 is 0. The third-order valence-electron chi connectivity index (χ3n) is 5.27. The Kier molecular flexibility index (Phi) is 5.50. The first-order chi connectivity index (χ1) is 17.1. The van der Waals surface area contributed by atoms with Crippen molar-refractivity contribution in [3.8, 4) is 5.75 Å². The first-order valence-electron chi connectivity index (χ1n) is 10.6. The Morgan fingerprint density at radius 2 is 2.11 bits per heavy atom. The molecule has 14 heteroatoms. The van der Waals surface area contributed by atoms with E-state index >= 15 is 0 Å². The number of aromatic nitrogens is 3. The van der Waals surface area contributed by atoms with Crippen molar-refractivity contribution < 1.29 is 32.2 Å². The number of rotatable bonds is 5. The van der Waals surface area contributed by atoms with Crippen LogP contribution in [0.25, 0.3) is 5.65 Å². The lowest BCUT2D eigenvalue weighted by Gasteiger charge is -2.18. The number of halogens is 3. The third-order valence-corrected chi connectivity index (χ3v) is 5.27. The highest BCUT2D eigenvalue weighted by atomic mass is 19.4. The SMILES string of the molecule is C=C1OC(c2cc(C(=O)NCc3ccc4c(c3)NC(=O)CO4)nc3c(C)cnn23)=NN1CC(F)(F)F. The quantitative estimate of drug-likeness (QED) is 0.550. The number of nitrogens with one attached hydrogen (secondary N) is 2. The molecule has 2 aromatic heterocycles. The smallest absolute Gasteiger partial charge is 0.408 e. The normalized spacial score (nSPS) is 15.2. The molecule has 0 aliphatic carbocycles. The molecule has 4 heterocycles. The van der Waals surface area contributed by atoms with E-state index in [1.54, 1.807) is 25.1 Å². The average molecular weight is 501 g/mol. The second-order valence-corrected chi connectivity index (χ2v) is 8.01. The van der Waals surface area contributed by atoms with Gasteiger partial charge in [0.2, 0.25) is 5.88 Å². The van der Waals surface area contributed by atoms with E-state index in [1.807, 2.05) is 0 Å². The highest BCUT2D eigenvalue weighted by molar-refractivity contribution is 5.99. The maximum atomic E-state index is 13.0. The average Bonchev–Trinajstić information content (AvgIpc) is 3.37. The fraction of sp³-hybridized carbons (Fsp3) is 0.227. The van der Waals surface area contributed by atoms with E-state index < -0.39 is 18.6 Å². The maximum Gasteiger partial charge on any atom is 0.408 e. The van der Waals surface area contributed by atoms with Crippen LogP contribution in [0.1, 0.15) is 27.3 Å². The number of carbonyl (C=O) groups is 2. The minimum atomic E-state index is -4.53. The highest BCUT2D eigenvalue weighted by Crippen LogP contribution is 2.29. The predicted molar refractivity (Wildman–Crippen MR) is 119 cm³/mol. The second kappa shape index (κ2) is 8.55. The van der Waals surface area contributed by atoms with E-state index in [1.165, 1.54) is 16.8 Å². The van der Waals surface area contributed by atoms with Crippen molar-refractivity contribution in [2.24, 2.45) is 5.10 Å². The molecule has 2 aliphatic heterocycles. The molecule has 0 saturated carbocycles. The van der Waals surface area contributed by atoms with Gasteiger partial charge in [0.25, 0.3) is 17.7 Å². The number of aryl methyl sites for hydroxylation is 1. The van der Waals surface area contributed by atoms with Gasteiger partial charge >= 0.3 is 6.18 Å². The summed E-state index contributed by atoms with van der Waals surface area (Å²) in [7, 11) is 0. The van der Waals surface area contributed by atoms with Crippen LogP contribution in [0.3, 0.4) is 0 Å². The Balaban J connectivity index is 1.41. The van der Waals surface area contributed by atoms with Gasteiger partial charge in [-0.3, -0.25) is 9.59 Å². The molecule has 0 atom stereocenters. The minimum absolute atomic E-state index is 0.0260. The molecule has 0 fully saturated rings. The number of ether oxygens (including phenoxy) is 2. The van der Waals surface area contributed by atoms with Crippen molar-refractivity contribution in [1.82, 2.24) is 24.9 Å². The summed E-state index contributed by atoms with van der Waals surface area (Å²) in [5, 5.41) is 14.0. The van der Waals surface area contributed by atoms with Gasteiger partial charge in [0.05, 0.1) is 11.9 Å². The largest absolute Gasteiger partial charge is 0.482 e.